The second-order valence-electron chi connectivity index (χ2n) is 7.10. The molecule has 1 saturated carbocycles. The van der Waals surface area contributed by atoms with Gasteiger partial charge in [0.25, 0.3) is 5.91 Å². The van der Waals surface area contributed by atoms with E-state index in [4.69, 9.17) is 14.9 Å². The minimum Gasteiger partial charge on any atom is -0.454 e. The van der Waals surface area contributed by atoms with Crippen molar-refractivity contribution >= 4 is 35.8 Å². The van der Waals surface area contributed by atoms with Crippen LogP contribution in [0.15, 0.2) is 21.5 Å². The molecular weight excluding hydrogens is 435 g/mol. The number of guanidine groups is 1. The van der Waals surface area contributed by atoms with Gasteiger partial charge >= 0.3 is 0 Å². The fourth-order valence-electron chi connectivity index (χ4n) is 3.93. The Labute approximate surface area is 165 Å². The Bertz CT molecular complexity index is 644. The number of carbonyl (C=O) groups excluding carboxylic acids is 1. The monoisotopic (exact) mass is 462 g/mol. The van der Waals surface area contributed by atoms with E-state index in [1.54, 1.807) is 19.2 Å². The number of aliphatic imine (C=N–C) groups is 1. The molecule has 0 radical (unpaired) electrons. The predicted octanol–water partition coefficient (Wildman–Crippen LogP) is 1.87. The third kappa shape index (κ3) is 3.94. The Morgan fingerprint density at radius 1 is 1.44 bits per heavy atom. The van der Waals surface area contributed by atoms with Gasteiger partial charge in [0.05, 0.1) is 12.6 Å². The minimum absolute atomic E-state index is 0. The number of carbonyl (C=O) groups is 1. The molecule has 0 bridgehead atoms. The Morgan fingerprint density at radius 2 is 2.20 bits per heavy atom. The number of halogens is 1. The summed E-state index contributed by atoms with van der Waals surface area (Å²) in [4.78, 5) is 15.4. The molecule has 4 N–H and O–H groups in total. The largest absolute Gasteiger partial charge is 0.454 e. The summed E-state index contributed by atoms with van der Waals surface area (Å²) in [6.45, 7) is 5.77. The third-order valence-corrected chi connectivity index (χ3v) is 5.18. The number of nitrogens with two attached hydrogens (primary N) is 1. The fraction of sp³-hybridized carbons (Fsp3) is 0.647. The summed E-state index contributed by atoms with van der Waals surface area (Å²) in [5.41, 5.74) is 5.27. The smallest absolute Gasteiger partial charge is 0.284 e. The lowest BCUT2D eigenvalue weighted by molar-refractivity contribution is -0.188. The van der Waals surface area contributed by atoms with Gasteiger partial charge in [0.2, 0.25) is 0 Å². The molecule has 1 aliphatic carbocycles. The van der Waals surface area contributed by atoms with Gasteiger partial charge in [-0.05, 0) is 25.0 Å². The molecule has 2 fully saturated rings. The number of nitrogens with one attached hydrogen (secondary N) is 2. The predicted molar refractivity (Wildman–Crippen MR) is 106 cm³/mol. The van der Waals surface area contributed by atoms with Gasteiger partial charge < -0.3 is 25.5 Å². The summed E-state index contributed by atoms with van der Waals surface area (Å²) >= 11 is 0. The molecule has 1 saturated heterocycles. The van der Waals surface area contributed by atoms with Crippen molar-refractivity contribution in [1.29, 1.82) is 0 Å². The zero-order valence-corrected chi connectivity index (χ0v) is 17.2. The number of amides is 1. The Hall–Kier alpha value is -1.29. The van der Waals surface area contributed by atoms with E-state index in [0.717, 1.165) is 13.0 Å². The van der Waals surface area contributed by atoms with Gasteiger partial charge in [-0.25, -0.2) is 0 Å². The number of ether oxygens (including phenoxy) is 1. The molecule has 1 aromatic heterocycles. The summed E-state index contributed by atoms with van der Waals surface area (Å²) in [7, 11) is 1.74. The van der Waals surface area contributed by atoms with Gasteiger partial charge in [-0.15, -0.1) is 24.0 Å². The number of primary amides is 1. The van der Waals surface area contributed by atoms with Crippen molar-refractivity contribution in [2.45, 2.75) is 45.4 Å². The van der Waals surface area contributed by atoms with Crippen LogP contribution in [0.1, 0.15) is 43.0 Å². The average molecular weight is 462 g/mol. The highest BCUT2D eigenvalue weighted by Gasteiger charge is 2.58. The summed E-state index contributed by atoms with van der Waals surface area (Å²) in [5.74, 6) is 1.48. The zero-order valence-electron chi connectivity index (χ0n) is 14.9. The van der Waals surface area contributed by atoms with Crippen molar-refractivity contribution in [2.75, 3.05) is 13.7 Å². The van der Waals surface area contributed by atoms with Crippen molar-refractivity contribution in [3.63, 3.8) is 0 Å². The average Bonchev–Trinajstić information content (AvgIpc) is 3.04. The summed E-state index contributed by atoms with van der Waals surface area (Å²) in [6, 6.07) is 3.64. The van der Waals surface area contributed by atoms with Crippen LogP contribution in [0, 0.1) is 11.3 Å². The van der Waals surface area contributed by atoms with Gasteiger partial charge in [0, 0.05) is 31.0 Å². The molecule has 3 unspecified atom stereocenters. The van der Waals surface area contributed by atoms with E-state index in [9.17, 15) is 4.79 Å². The highest BCUT2D eigenvalue weighted by molar-refractivity contribution is 14.0. The summed E-state index contributed by atoms with van der Waals surface area (Å²) < 4.78 is 11.3. The van der Waals surface area contributed by atoms with Crippen LogP contribution < -0.4 is 16.4 Å². The van der Waals surface area contributed by atoms with Crippen LogP contribution in [0.25, 0.3) is 0 Å². The van der Waals surface area contributed by atoms with Crippen molar-refractivity contribution in [3.05, 3.63) is 23.7 Å². The molecule has 0 spiro atoms. The molecule has 1 aromatic rings. The molecule has 25 heavy (non-hydrogen) atoms. The second-order valence-corrected chi connectivity index (χ2v) is 7.10. The number of hydrogen-bond donors (Lipinski definition) is 3. The first-order chi connectivity index (χ1) is 11.4. The maximum Gasteiger partial charge on any atom is 0.284 e. The number of hydrogen-bond acceptors (Lipinski definition) is 4. The molecule has 0 aromatic carbocycles. The maximum atomic E-state index is 11.1. The standard InChI is InChI=1S/C17H26N4O3.HI/c1-17(2)13(11-5-4-8-23-14(11)17)21-16(19-3)20-9-10-6-7-12(24-10)15(18)22;/h6-7,11,13-14H,4-5,8-9H2,1-3H3,(H2,18,22)(H2,19,20,21);1H. The van der Waals surface area contributed by atoms with Gasteiger partial charge in [-0.3, -0.25) is 9.79 Å². The summed E-state index contributed by atoms with van der Waals surface area (Å²) in [5, 5.41) is 6.74. The molecule has 8 heteroatoms. The van der Waals surface area contributed by atoms with Crippen LogP contribution in [-0.4, -0.2) is 37.7 Å². The molecule has 2 heterocycles. The lowest BCUT2D eigenvalue weighted by Gasteiger charge is -2.60. The molecule has 1 amide bonds. The first kappa shape index (κ1) is 20.0. The normalized spacial score (nSPS) is 27.5. The lowest BCUT2D eigenvalue weighted by Crippen LogP contribution is -2.70. The molecule has 3 rings (SSSR count). The third-order valence-electron chi connectivity index (χ3n) is 5.18. The van der Waals surface area contributed by atoms with E-state index in [0.29, 0.717) is 36.3 Å². The minimum atomic E-state index is -0.566. The topological polar surface area (TPSA) is 102 Å². The maximum absolute atomic E-state index is 11.1. The van der Waals surface area contributed by atoms with Crippen LogP contribution in [0.3, 0.4) is 0 Å². The van der Waals surface area contributed by atoms with Crippen LogP contribution in [-0.2, 0) is 11.3 Å². The zero-order chi connectivity index (χ0) is 17.3. The van der Waals surface area contributed by atoms with Gasteiger partial charge in [0.15, 0.2) is 11.7 Å². The van der Waals surface area contributed by atoms with E-state index < -0.39 is 5.91 Å². The van der Waals surface area contributed by atoms with E-state index in [-0.39, 0.29) is 35.2 Å². The molecule has 7 nitrogen and oxygen atoms in total. The lowest BCUT2D eigenvalue weighted by atomic mass is 9.55. The fourth-order valence-corrected chi connectivity index (χ4v) is 3.93. The van der Waals surface area contributed by atoms with Gasteiger partial charge in [-0.1, -0.05) is 13.8 Å². The van der Waals surface area contributed by atoms with Crippen molar-refractivity contribution in [2.24, 2.45) is 22.1 Å². The van der Waals surface area contributed by atoms with Crippen molar-refractivity contribution in [1.82, 2.24) is 10.6 Å². The quantitative estimate of drug-likeness (QED) is 0.360. The van der Waals surface area contributed by atoms with Crippen LogP contribution >= 0.6 is 24.0 Å². The van der Waals surface area contributed by atoms with Gasteiger partial charge in [-0.2, -0.15) is 0 Å². The molecular formula is C17H27IN4O3. The Balaban J connectivity index is 0.00000225. The number of rotatable bonds is 4. The summed E-state index contributed by atoms with van der Waals surface area (Å²) in [6.07, 6.45) is 2.62. The SMILES string of the molecule is CN=C(NCc1ccc(C(N)=O)o1)NC1C2CCCOC2C1(C)C.I. The van der Waals surface area contributed by atoms with Crippen molar-refractivity contribution in [3.8, 4) is 0 Å². The van der Waals surface area contributed by atoms with Crippen LogP contribution in [0.4, 0.5) is 0 Å². The number of fused-ring (bicyclic) bond motifs is 1. The van der Waals surface area contributed by atoms with E-state index in [1.165, 1.54) is 6.42 Å². The number of furan rings is 1. The molecule has 1 aliphatic heterocycles. The number of nitrogens with zero attached hydrogens (tertiary/aromatic N) is 1. The van der Waals surface area contributed by atoms with E-state index in [1.807, 2.05) is 0 Å². The van der Waals surface area contributed by atoms with Crippen LogP contribution in [0.2, 0.25) is 0 Å². The highest BCUT2D eigenvalue weighted by Crippen LogP contribution is 2.51. The molecule has 140 valence electrons. The highest BCUT2D eigenvalue weighted by atomic mass is 127. The van der Waals surface area contributed by atoms with E-state index >= 15 is 0 Å². The molecule has 3 atom stereocenters. The van der Waals surface area contributed by atoms with Gasteiger partial charge in [0.1, 0.15) is 5.76 Å². The Morgan fingerprint density at radius 3 is 2.84 bits per heavy atom. The first-order valence-corrected chi connectivity index (χ1v) is 8.40. The Kier molecular flexibility index (Phi) is 6.36. The first-order valence-electron chi connectivity index (χ1n) is 8.40. The molecule has 2 aliphatic rings. The second kappa shape index (κ2) is 7.94. The van der Waals surface area contributed by atoms with Crippen molar-refractivity contribution < 1.29 is 13.9 Å². The van der Waals surface area contributed by atoms with Crippen LogP contribution in [0.5, 0.6) is 0 Å². The van der Waals surface area contributed by atoms with E-state index in [2.05, 4.69) is 29.5 Å².